The molecule has 1 heterocycles. The van der Waals surface area contributed by atoms with Gasteiger partial charge in [0.05, 0.1) is 5.54 Å². The first kappa shape index (κ1) is 9.66. The van der Waals surface area contributed by atoms with Gasteiger partial charge in [-0.2, -0.15) is 4.98 Å². The SMILES string of the molecule is CCC(C)(N)c1nc(C(=O)O)no1. The number of carboxylic acids is 1. The number of aromatic carboxylic acids is 1. The number of carbonyl (C=O) groups is 1. The molecule has 0 spiro atoms. The summed E-state index contributed by atoms with van der Waals surface area (Å²) in [5, 5.41) is 11.8. The van der Waals surface area contributed by atoms with Crippen molar-refractivity contribution in [3.8, 4) is 0 Å². The zero-order chi connectivity index (χ0) is 10.1. The summed E-state index contributed by atoms with van der Waals surface area (Å²) in [6.45, 7) is 3.55. The summed E-state index contributed by atoms with van der Waals surface area (Å²) in [5.74, 6) is -1.44. The van der Waals surface area contributed by atoms with Crippen LogP contribution in [-0.4, -0.2) is 21.2 Å². The molecule has 0 amide bonds. The maximum Gasteiger partial charge on any atom is 0.377 e. The summed E-state index contributed by atoms with van der Waals surface area (Å²) in [6, 6.07) is 0. The Morgan fingerprint density at radius 2 is 2.38 bits per heavy atom. The molecule has 0 radical (unpaired) electrons. The Morgan fingerprint density at radius 3 is 2.77 bits per heavy atom. The van der Waals surface area contributed by atoms with E-state index in [1.165, 1.54) is 0 Å². The molecule has 0 saturated heterocycles. The smallest absolute Gasteiger partial charge is 0.377 e. The predicted molar refractivity (Wildman–Crippen MR) is 43.1 cm³/mol. The standard InChI is InChI=1S/C7H11N3O3/c1-3-7(2,8)6-9-4(5(11)12)10-13-6/h3,8H2,1-2H3,(H,11,12). The topological polar surface area (TPSA) is 102 Å². The van der Waals surface area contributed by atoms with Crippen molar-refractivity contribution in [2.75, 3.05) is 0 Å². The number of hydrogen-bond acceptors (Lipinski definition) is 5. The highest BCUT2D eigenvalue weighted by Crippen LogP contribution is 2.18. The van der Waals surface area contributed by atoms with Crippen LogP contribution in [0.15, 0.2) is 4.52 Å². The monoisotopic (exact) mass is 185 g/mol. The summed E-state index contributed by atoms with van der Waals surface area (Å²) in [7, 11) is 0. The van der Waals surface area contributed by atoms with Crippen molar-refractivity contribution in [1.82, 2.24) is 10.1 Å². The molecule has 0 saturated carbocycles. The van der Waals surface area contributed by atoms with Crippen LogP contribution in [0.2, 0.25) is 0 Å². The van der Waals surface area contributed by atoms with Crippen LogP contribution in [0.4, 0.5) is 0 Å². The second-order valence-corrected chi connectivity index (χ2v) is 3.00. The zero-order valence-corrected chi connectivity index (χ0v) is 7.44. The van der Waals surface area contributed by atoms with Crippen LogP contribution < -0.4 is 5.73 Å². The molecule has 3 N–H and O–H groups in total. The summed E-state index contributed by atoms with van der Waals surface area (Å²) in [4.78, 5) is 14.1. The van der Waals surface area contributed by atoms with Gasteiger partial charge < -0.3 is 15.4 Å². The molecule has 72 valence electrons. The van der Waals surface area contributed by atoms with E-state index >= 15 is 0 Å². The second-order valence-electron chi connectivity index (χ2n) is 3.00. The molecule has 6 nitrogen and oxygen atoms in total. The van der Waals surface area contributed by atoms with Crippen molar-refractivity contribution >= 4 is 5.97 Å². The third-order valence-electron chi connectivity index (χ3n) is 1.84. The second kappa shape index (κ2) is 3.14. The Bertz CT molecular complexity index is 319. The zero-order valence-electron chi connectivity index (χ0n) is 7.44. The van der Waals surface area contributed by atoms with Gasteiger partial charge in [-0.15, -0.1) is 0 Å². The van der Waals surface area contributed by atoms with E-state index in [4.69, 9.17) is 15.4 Å². The van der Waals surface area contributed by atoms with E-state index in [-0.39, 0.29) is 11.7 Å². The lowest BCUT2D eigenvalue weighted by Gasteiger charge is -2.15. The van der Waals surface area contributed by atoms with Crippen molar-refractivity contribution in [3.63, 3.8) is 0 Å². The lowest BCUT2D eigenvalue weighted by atomic mass is 10.0. The predicted octanol–water partition coefficient (Wildman–Crippen LogP) is 0.352. The molecule has 0 aromatic carbocycles. The number of carboxylic acid groups (broad SMARTS) is 1. The van der Waals surface area contributed by atoms with E-state index in [9.17, 15) is 4.79 Å². The Balaban J connectivity index is 2.98. The van der Waals surface area contributed by atoms with Crippen molar-refractivity contribution in [2.24, 2.45) is 5.73 Å². The highest BCUT2D eigenvalue weighted by Gasteiger charge is 2.27. The van der Waals surface area contributed by atoms with Crippen LogP contribution in [0, 0.1) is 0 Å². The van der Waals surface area contributed by atoms with Gasteiger partial charge in [-0.25, -0.2) is 4.79 Å². The van der Waals surface area contributed by atoms with Gasteiger partial charge >= 0.3 is 5.97 Å². The fourth-order valence-corrected chi connectivity index (χ4v) is 0.694. The summed E-state index contributed by atoms with van der Waals surface area (Å²) < 4.78 is 4.71. The van der Waals surface area contributed by atoms with E-state index in [0.717, 1.165) is 0 Å². The van der Waals surface area contributed by atoms with Gasteiger partial charge in [-0.3, -0.25) is 0 Å². The number of hydrogen-bond donors (Lipinski definition) is 2. The summed E-state index contributed by atoms with van der Waals surface area (Å²) in [6.07, 6.45) is 0.592. The van der Waals surface area contributed by atoms with E-state index in [0.29, 0.717) is 6.42 Å². The molecular formula is C7H11N3O3. The Hall–Kier alpha value is -1.43. The summed E-state index contributed by atoms with van der Waals surface area (Å²) in [5.41, 5.74) is 5.00. The third-order valence-corrected chi connectivity index (χ3v) is 1.84. The Kier molecular flexibility index (Phi) is 2.33. The molecule has 1 unspecified atom stereocenters. The van der Waals surface area contributed by atoms with Gasteiger partial charge in [0.15, 0.2) is 0 Å². The van der Waals surface area contributed by atoms with Crippen LogP contribution >= 0.6 is 0 Å². The number of nitrogens with zero attached hydrogens (tertiary/aromatic N) is 2. The van der Waals surface area contributed by atoms with Gasteiger partial charge in [0.1, 0.15) is 0 Å². The summed E-state index contributed by atoms with van der Waals surface area (Å²) >= 11 is 0. The van der Waals surface area contributed by atoms with Gasteiger partial charge in [-0.05, 0) is 18.5 Å². The van der Waals surface area contributed by atoms with Gasteiger partial charge in [0, 0.05) is 0 Å². The maximum absolute atomic E-state index is 10.4. The van der Waals surface area contributed by atoms with E-state index < -0.39 is 11.5 Å². The minimum Gasteiger partial charge on any atom is -0.475 e. The van der Waals surface area contributed by atoms with Gasteiger partial charge in [0.2, 0.25) is 5.89 Å². The number of aromatic nitrogens is 2. The normalized spacial score (nSPS) is 15.3. The number of nitrogens with two attached hydrogens (primary N) is 1. The molecule has 1 atom stereocenters. The average Bonchev–Trinajstić information content (AvgIpc) is 2.52. The van der Waals surface area contributed by atoms with Crippen molar-refractivity contribution in [3.05, 3.63) is 11.7 Å². The van der Waals surface area contributed by atoms with Crippen molar-refractivity contribution in [2.45, 2.75) is 25.8 Å². The van der Waals surface area contributed by atoms with Crippen LogP contribution in [0.1, 0.15) is 36.8 Å². The molecule has 13 heavy (non-hydrogen) atoms. The first-order valence-corrected chi connectivity index (χ1v) is 3.83. The number of rotatable bonds is 3. The molecule has 0 aliphatic carbocycles. The first-order valence-electron chi connectivity index (χ1n) is 3.83. The maximum atomic E-state index is 10.4. The van der Waals surface area contributed by atoms with E-state index in [2.05, 4.69) is 10.1 Å². The molecule has 0 bridgehead atoms. The Morgan fingerprint density at radius 1 is 1.77 bits per heavy atom. The van der Waals surface area contributed by atoms with Crippen LogP contribution in [0.5, 0.6) is 0 Å². The van der Waals surface area contributed by atoms with Crippen molar-refractivity contribution in [1.29, 1.82) is 0 Å². The molecular weight excluding hydrogens is 174 g/mol. The first-order chi connectivity index (χ1) is 5.97. The van der Waals surface area contributed by atoms with E-state index in [1.54, 1.807) is 6.92 Å². The molecule has 6 heteroatoms. The lowest BCUT2D eigenvalue weighted by molar-refractivity contribution is 0.0680. The molecule has 0 aliphatic rings. The molecule has 0 fully saturated rings. The fourth-order valence-electron chi connectivity index (χ4n) is 0.694. The molecule has 1 aromatic rings. The minimum atomic E-state index is -1.22. The van der Waals surface area contributed by atoms with Crippen LogP contribution in [-0.2, 0) is 5.54 Å². The van der Waals surface area contributed by atoms with E-state index in [1.807, 2.05) is 6.92 Å². The highest BCUT2D eigenvalue weighted by atomic mass is 16.5. The average molecular weight is 185 g/mol. The molecule has 1 aromatic heterocycles. The van der Waals surface area contributed by atoms with Gasteiger partial charge in [0.25, 0.3) is 5.82 Å². The molecule has 0 aliphatic heterocycles. The van der Waals surface area contributed by atoms with Crippen LogP contribution in [0.25, 0.3) is 0 Å². The van der Waals surface area contributed by atoms with Crippen LogP contribution in [0.3, 0.4) is 0 Å². The third kappa shape index (κ3) is 1.83. The fraction of sp³-hybridized carbons (Fsp3) is 0.571. The minimum absolute atomic E-state index is 0.146. The van der Waals surface area contributed by atoms with Crippen molar-refractivity contribution < 1.29 is 14.4 Å². The largest absolute Gasteiger partial charge is 0.475 e. The lowest BCUT2D eigenvalue weighted by Crippen LogP contribution is -2.32. The highest BCUT2D eigenvalue weighted by molar-refractivity contribution is 5.82. The van der Waals surface area contributed by atoms with Gasteiger partial charge in [-0.1, -0.05) is 6.92 Å². The Labute approximate surface area is 74.7 Å². The quantitative estimate of drug-likeness (QED) is 0.704. The molecule has 1 rings (SSSR count).